The van der Waals surface area contributed by atoms with Crippen LogP contribution in [0.5, 0.6) is 0 Å². The number of carbonyl (C=O) groups excluding carboxylic acids is 1. The molecule has 0 aliphatic carbocycles. The van der Waals surface area contributed by atoms with E-state index in [-0.39, 0.29) is 5.43 Å². The third-order valence-corrected chi connectivity index (χ3v) is 2.49. The van der Waals surface area contributed by atoms with Gasteiger partial charge in [-0.25, -0.2) is 0 Å². The highest BCUT2D eigenvalue weighted by atomic mass is 16.1. The molecule has 0 spiro atoms. The van der Waals surface area contributed by atoms with Crippen LogP contribution < -0.4 is 10.7 Å². The van der Waals surface area contributed by atoms with Crippen LogP contribution in [0, 0.1) is 0 Å². The lowest BCUT2D eigenvalue weighted by Crippen LogP contribution is -2.05. The number of aromatic amines is 1. The van der Waals surface area contributed by atoms with Crippen LogP contribution in [0.1, 0.15) is 12.6 Å². The Morgan fingerprint density at radius 3 is 2.88 bits per heavy atom. The average molecular weight is 216 g/mol. The highest BCUT2D eigenvalue weighted by Gasteiger charge is 2.02. The van der Waals surface area contributed by atoms with Gasteiger partial charge in [0, 0.05) is 28.4 Å². The fourth-order valence-corrected chi connectivity index (χ4v) is 1.65. The molecule has 1 amide bonds. The lowest BCUT2D eigenvalue weighted by Gasteiger charge is -2.04. The molecule has 1 heterocycles. The first kappa shape index (κ1) is 10.4. The molecule has 0 saturated carbocycles. The lowest BCUT2D eigenvalue weighted by atomic mass is 10.1. The zero-order chi connectivity index (χ0) is 11.5. The van der Waals surface area contributed by atoms with Crippen molar-refractivity contribution in [2.45, 2.75) is 13.3 Å². The van der Waals surface area contributed by atoms with E-state index >= 15 is 0 Å². The molecule has 0 atom stereocenters. The quantitative estimate of drug-likeness (QED) is 0.766. The molecule has 0 aliphatic rings. The summed E-state index contributed by atoms with van der Waals surface area (Å²) in [4.78, 5) is 25.2. The summed E-state index contributed by atoms with van der Waals surface area (Å²) in [6, 6.07) is 6.81. The van der Waals surface area contributed by atoms with Crippen molar-refractivity contribution < 1.29 is 4.79 Å². The van der Waals surface area contributed by atoms with Gasteiger partial charge in [-0.05, 0) is 24.6 Å². The minimum Gasteiger partial charge on any atom is -0.358 e. The fraction of sp³-hybridized carbons (Fsp3) is 0.167. The maximum atomic E-state index is 11.8. The molecule has 0 fully saturated rings. The standard InChI is InChI=1S/C12H12N2O2/c1-2-8-6-12(16)10-5-9(13-7-15)3-4-11(10)14-8/h3-7H,2H2,1H3,(H,13,15)(H,14,16). The summed E-state index contributed by atoms with van der Waals surface area (Å²) < 4.78 is 0. The van der Waals surface area contributed by atoms with Crippen molar-refractivity contribution in [2.24, 2.45) is 0 Å². The van der Waals surface area contributed by atoms with Crippen molar-refractivity contribution >= 4 is 23.0 Å². The Bertz CT molecular complexity index is 587. The summed E-state index contributed by atoms with van der Waals surface area (Å²) >= 11 is 0. The summed E-state index contributed by atoms with van der Waals surface area (Å²) in [6.45, 7) is 1.99. The third kappa shape index (κ3) is 1.82. The molecule has 2 aromatic rings. The van der Waals surface area contributed by atoms with Crippen molar-refractivity contribution in [3.63, 3.8) is 0 Å². The van der Waals surface area contributed by atoms with Gasteiger partial charge < -0.3 is 10.3 Å². The Kier molecular flexibility index (Phi) is 2.72. The summed E-state index contributed by atoms with van der Waals surface area (Å²) in [5, 5.41) is 3.11. The number of pyridine rings is 1. The molecule has 16 heavy (non-hydrogen) atoms. The van der Waals surface area contributed by atoms with E-state index in [9.17, 15) is 9.59 Å². The van der Waals surface area contributed by atoms with E-state index in [1.54, 1.807) is 24.3 Å². The smallest absolute Gasteiger partial charge is 0.211 e. The first-order valence-electron chi connectivity index (χ1n) is 5.10. The van der Waals surface area contributed by atoms with Crippen LogP contribution in [0.2, 0.25) is 0 Å². The molecule has 0 bridgehead atoms. The van der Waals surface area contributed by atoms with Crippen LogP contribution in [0.4, 0.5) is 5.69 Å². The van der Waals surface area contributed by atoms with E-state index in [1.165, 1.54) is 0 Å². The molecular weight excluding hydrogens is 204 g/mol. The second-order valence-corrected chi connectivity index (χ2v) is 3.53. The number of rotatable bonds is 3. The second kappa shape index (κ2) is 4.18. The van der Waals surface area contributed by atoms with Crippen LogP contribution in [0.3, 0.4) is 0 Å². The van der Waals surface area contributed by atoms with Gasteiger partial charge in [-0.15, -0.1) is 0 Å². The van der Waals surface area contributed by atoms with E-state index in [0.29, 0.717) is 17.5 Å². The third-order valence-electron chi connectivity index (χ3n) is 2.49. The molecule has 0 unspecified atom stereocenters. The number of H-pyrrole nitrogens is 1. The minimum absolute atomic E-state index is 0.0276. The molecule has 0 radical (unpaired) electrons. The molecule has 4 nitrogen and oxygen atoms in total. The van der Waals surface area contributed by atoms with E-state index in [4.69, 9.17) is 0 Å². The number of hydrogen-bond donors (Lipinski definition) is 2. The number of carbonyl (C=O) groups is 1. The van der Waals surface area contributed by atoms with E-state index < -0.39 is 0 Å². The Labute approximate surface area is 92.3 Å². The Hall–Kier alpha value is -2.10. The molecule has 82 valence electrons. The van der Waals surface area contributed by atoms with Gasteiger partial charge in [-0.1, -0.05) is 6.92 Å². The minimum atomic E-state index is -0.0276. The first-order chi connectivity index (χ1) is 7.74. The second-order valence-electron chi connectivity index (χ2n) is 3.53. The molecule has 1 aromatic carbocycles. The van der Waals surface area contributed by atoms with Crippen LogP contribution in [0.15, 0.2) is 29.1 Å². The van der Waals surface area contributed by atoms with Crippen LogP contribution in [-0.2, 0) is 11.2 Å². The van der Waals surface area contributed by atoms with Gasteiger partial charge in [0.25, 0.3) is 0 Å². The predicted octanol–water partition coefficient (Wildman–Crippen LogP) is 1.66. The molecule has 2 rings (SSSR count). The van der Waals surface area contributed by atoms with Crippen molar-refractivity contribution in [3.05, 3.63) is 40.2 Å². The molecule has 0 saturated heterocycles. The molecule has 2 N–H and O–H groups in total. The number of benzene rings is 1. The predicted molar refractivity (Wildman–Crippen MR) is 63.6 cm³/mol. The van der Waals surface area contributed by atoms with E-state index in [2.05, 4.69) is 10.3 Å². The Morgan fingerprint density at radius 1 is 1.38 bits per heavy atom. The van der Waals surface area contributed by atoms with Crippen molar-refractivity contribution in [2.75, 3.05) is 5.32 Å². The fourth-order valence-electron chi connectivity index (χ4n) is 1.65. The number of hydrogen-bond acceptors (Lipinski definition) is 2. The topological polar surface area (TPSA) is 62.0 Å². The van der Waals surface area contributed by atoms with Gasteiger partial charge in [0.2, 0.25) is 6.41 Å². The summed E-state index contributed by atoms with van der Waals surface area (Å²) in [7, 11) is 0. The first-order valence-corrected chi connectivity index (χ1v) is 5.10. The maximum Gasteiger partial charge on any atom is 0.211 e. The van der Waals surface area contributed by atoms with Gasteiger partial charge in [0.15, 0.2) is 5.43 Å². The van der Waals surface area contributed by atoms with Crippen molar-refractivity contribution in [3.8, 4) is 0 Å². The molecule has 4 heteroatoms. The lowest BCUT2D eigenvalue weighted by molar-refractivity contribution is -0.105. The van der Waals surface area contributed by atoms with Gasteiger partial charge in [-0.3, -0.25) is 9.59 Å². The van der Waals surface area contributed by atoms with Crippen molar-refractivity contribution in [1.82, 2.24) is 4.98 Å². The molecule has 1 aromatic heterocycles. The van der Waals surface area contributed by atoms with E-state index in [1.807, 2.05) is 6.92 Å². The highest BCUT2D eigenvalue weighted by molar-refractivity contribution is 5.85. The summed E-state index contributed by atoms with van der Waals surface area (Å²) in [6.07, 6.45) is 1.38. The van der Waals surface area contributed by atoms with E-state index in [0.717, 1.165) is 17.6 Å². The summed E-state index contributed by atoms with van der Waals surface area (Å²) in [5.74, 6) is 0. The van der Waals surface area contributed by atoms with Crippen molar-refractivity contribution in [1.29, 1.82) is 0 Å². The van der Waals surface area contributed by atoms with Gasteiger partial charge in [0.1, 0.15) is 0 Å². The number of nitrogens with one attached hydrogen (secondary N) is 2. The maximum absolute atomic E-state index is 11.8. The van der Waals surface area contributed by atoms with Crippen LogP contribution in [0.25, 0.3) is 10.9 Å². The largest absolute Gasteiger partial charge is 0.358 e. The van der Waals surface area contributed by atoms with Crippen LogP contribution in [-0.4, -0.2) is 11.4 Å². The number of aryl methyl sites for hydroxylation is 1. The number of aromatic nitrogens is 1. The summed E-state index contributed by atoms with van der Waals surface area (Å²) in [5.41, 5.74) is 2.30. The SMILES string of the molecule is CCc1cc(=O)c2cc(NC=O)ccc2[nH]1. The highest BCUT2D eigenvalue weighted by Crippen LogP contribution is 2.14. The monoisotopic (exact) mass is 216 g/mol. The zero-order valence-electron chi connectivity index (χ0n) is 8.91. The average Bonchev–Trinajstić information content (AvgIpc) is 2.30. The van der Waals surface area contributed by atoms with Gasteiger partial charge >= 0.3 is 0 Å². The normalized spacial score (nSPS) is 10.3. The Morgan fingerprint density at radius 2 is 2.19 bits per heavy atom. The Balaban J connectivity index is 2.65. The molecule has 0 aliphatic heterocycles. The van der Waals surface area contributed by atoms with Crippen LogP contribution >= 0.6 is 0 Å². The zero-order valence-corrected chi connectivity index (χ0v) is 8.91. The van der Waals surface area contributed by atoms with Gasteiger partial charge in [-0.2, -0.15) is 0 Å². The van der Waals surface area contributed by atoms with Gasteiger partial charge in [0.05, 0.1) is 0 Å². The number of amides is 1. The number of fused-ring (bicyclic) bond motifs is 1. The molecular formula is C12H12N2O2. The number of anilines is 1.